The summed E-state index contributed by atoms with van der Waals surface area (Å²) in [4.78, 5) is 20.2. The second-order valence-corrected chi connectivity index (χ2v) is 8.36. The number of anilines is 1. The highest BCUT2D eigenvalue weighted by atomic mass is 16.1. The molecule has 0 aliphatic carbocycles. The van der Waals surface area contributed by atoms with Crippen LogP contribution in [0.1, 0.15) is 44.1 Å². The molecule has 3 aromatic rings. The molecule has 29 heavy (non-hydrogen) atoms. The van der Waals surface area contributed by atoms with Crippen LogP contribution in [0, 0.1) is 12.8 Å². The van der Waals surface area contributed by atoms with Crippen LogP contribution in [0.5, 0.6) is 0 Å². The van der Waals surface area contributed by atoms with Crippen molar-refractivity contribution in [1.82, 2.24) is 14.5 Å². The Morgan fingerprint density at radius 3 is 2.72 bits per heavy atom. The Balaban J connectivity index is 1.48. The lowest BCUT2D eigenvalue weighted by Gasteiger charge is -2.32. The summed E-state index contributed by atoms with van der Waals surface area (Å²) in [6.07, 6.45) is 1.97. The molecular weight excluding hydrogens is 360 g/mol. The summed E-state index contributed by atoms with van der Waals surface area (Å²) >= 11 is 0. The number of imidazole rings is 1. The van der Waals surface area contributed by atoms with Crippen molar-refractivity contribution in [2.24, 2.45) is 5.92 Å². The molecule has 1 aromatic heterocycles. The Kier molecular flexibility index (Phi) is 5.67. The van der Waals surface area contributed by atoms with Gasteiger partial charge in [0, 0.05) is 18.3 Å². The minimum Gasteiger partial charge on any atom is -0.326 e. The van der Waals surface area contributed by atoms with Crippen LogP contribution in [0.3, 0.4) is 0 Å². The van der Waals surface area contributed by atoms with Crippen LogP contribution in [0.25, 0.3) is 11.0 Å². The number of rotatable bonds is 5. The Morgan fingerprint density at radius 1 is 1.17 bits per heavy atom. The Labute approximate surface area is 172 Å². The molecule has 2 aromatic carbocycles. The van der Waals surface area contributed by atoms with E-state index >= 15 is 0 Å². The Bertz CT molecular complexity index is 1010. The number of aryl methyl sites for hydroxylation is 1. The van der Waals surface area contributed by atoms with Crippen LogP contribution in [0.4, 0.5) is 5.69 Å². The molecule has 2 heterocycles. The zero-order valence-electron chi connectivity index (χ0n) is 17.6. The van der Waals surface area contributed by atoms with Crippen LogP contribution < -0.4 is 5.32 Å². The number of aromatic nitrogens is 2. The fourth-order valence-corrected chi connectivity index (χ4v) is 4.34. The van der Waals surface area contributed by atoms with Crippen LogP contribution in [-0.2, 0) is 11.3 Å². The molecule has 1 amide bonds. The molecule has 1 fully saturated rings. The lowest BCUT2D eigenvalue weighted by molar-refractivity contribution is -0.121. The third kappa shape index (κ3) is 4.20. The van der Waals surface area contributed by atoms with E-state index in [1.165, 1.54) is 5.52 Å². The van der Waals surface area contributed by atoms with Crippen LogP contribution in [0.2, 0.25) is 0 Å². The van der Waals surface area contributed by atoms with E-state index in [1.807, 2.05) is 37.3 Å². The Hall–Kier alpha value is -2.66. The lowest BCUT2D eigenvalue weighted by atomic mass is 9.97. The molecule has 4 rings (SSSR count). The van der Waals surface area contributed by atoms with Crippen molar-refractivity contribution < 1.29 is 4.79 Å². The highest BCUT2D eigenvalue weighted by Crippen LogP contribution is 2.25. The normalized spacial score (nSPS) is 17.7. The first-order valence-electron chi connectivity index (χ1n) is 10.6. The topological polar surface area (TPSA) is 50.2 Å². The molecule has 0 radical (unpaired) electrons. The molecule has 1 aliphatic rings. The van der Waals surface area contributed by atoms with E-state index in [0.29, 0.717) is 6.04 Å². The first kappa shape index (κ1) is 19.6. The first-order valence-corrected chi connectivity index (χ1v) is 10.6. The lowest BCUT2D eigenvalue weighted by Crippen LogP contribution is -2.40. The van der Waals surface area contributed by atoms with E-state index in [2.05, 4.69) is 46.8 Å². The fraction of sp³-hybridized carbons (Fsp3) is 0.417. The maximum Gasteiger partial charge on any atom is 0.228 e. The zero-order valence-corrected chi connectivity index (χ0v) is 17.6. The van der Waals surface area contributed by atoms with Gasteiger partial charge in [-0.05, 0) is 63.9 Å². The second-order valence-electron chi connectivity index (χ2n) is 8.36. The van der Waals surface area contributed by atoms with Crippen LogP contribution in [-0.4, -0.2) is 33.4 Å². The average molecular weight is 391 g/mol. The van der Waals surface area contributed by atoms with E-state index in [4.69, 9.17) is 4.98 Å². The number of carbonyl (C=O) groups excluding carboxylic acids is 1. The minimum atomic E-state index is 0.0141. The third-order valence-electron chi connectivity index (χ3n) is 5.83. The number of benzene rings is 2. The number of nitrogens with one attached hydrogen (secondary N) is 1. The summed E-state index contributed by atoms with van der Waals surface area (Å²) in [5.74, 6) is 1.22. The van der Waals surface area contributed by atoms with Gasteiger partial charge < -0.3 is 9.88 Å². The molecule has 1 aliphatic heterocycles. The second kappa shape index (κ2) is 8.37. The number of hydrogen-bond donors (Lipinski definition) is 1. The number of para-hydroxylation sites is 3. The summed E-state index contributed by atoms with van der Waals surface area (Å²) in [5.41, 5.74) is 4.24. The summed E-state index contributed by atoms with van der Waals surface area (Å²) in [7, 11) is 0. The van der Waals surface area contributed by atoms with Gasteiger partial charge in [0.05, 0.1) is 23.5 Å². The van der Waals surface area contributed by atoms with Gasteiger partial charge in [-0.3, -0.25) is 9.69 Å². The molecule has 0 bridgehead atoms. The third-order valence-corrected chi connectivity index (χ3v) is 5.83. The van der Waals surface area contributed by atoms with Gasteiger partial charge in [-0.2, -0.15) is 0 Å². The highest BCUT2D eigenvalue weighted by molar-refractivity contribution is 5.93. The van der Waals surface area contributed by atoms with Crippen molar-refractivity contribution in [3.8, 4) is 0 Å². The molecule has 0 unspecified atom stereocenters. The van der Waals surface area contributed by atoms with E-state index in [-0.39, 0.29) is 11.8 Å². The van der Waals surface area contributed by atoms with E-state index in [0.717, 1.165) is 55.1 Å². The summed E-state index contributed by atoms with van der Waals surface area (Å²) in [6.45, 7) is 8.99. The fourth-order valence-electron chi connectivity index (χ4n) is 4.34. The van der Waals surface area contributed by atoms with Crippen LogP contribution in [0.15, 0.2) is 48.5 Å². The van der Waals surface area contributed by atoms with E-state index in [1.54, 1.807) is 0 Å². The monoisotopic (exact) mass is 390 g/mol. The van der Waals surface area contributed by atoms with Crippen molar-refractivity contribution in [1.29, 1.82) is 0 Å². The zero-order chi connectivity index (χ0) is 20.4. The van der Waals surface area contributed by atoms with Gasteiger partial charge in [-0.25, -0.2) is 4.98 Å². The SMILES string of the molecule is Cc1ccccc1NC(=O)[C@@H]1CCCN(Cc2nc3ccccc3n2C(C)C)C1. The maximum absolute atomic E-state index is 12.9. The average Bonchev–Trinajstić information content (AvgIpc) is 3.08. The van der Waals surface area contributed by atoms with E-state index in [9.17, 15) is 4.79 Å². The van der Waals surface area contributed by atoms with Gasteiger partial charge in [0.15, 0.2) is 0 Å². The van der Waals surface area contributed by atoms with Crippen molar-refractivity contribution >= 4 is 22.6 Å². The van der Waals surface area contributed by atoms with Gasteiger partial charge in [-0.15, -0.1) is 0 Å². The molecular formula is C24H30N4O. The predicted molar refractivity (Wildman–Crippen MR) is 118 cm³/mol. The van der Waals surface area contributed by atoms with Gasteiger partial charge in [0.2, 0.25) is 5.91 Å². The first-order chi connectivity index (χ1) is 14.0. The summed E-state index contributed by atoms with van der Waals surface area (Å²) in [6, 6.07) is 16.6. The number of likely N-dealkylation sites (tertiary alicyclic amines) is 1. The van der Waals surface area contributed by atoms with E-state index < -0.39 is 0 Å². The van der Waals surface area contributed by atoms with Gasteiger partial charge >= 0.3 is 0 Å². The number of carbonyl (C=O) groups is 1. The van der Waals surface area contributed by atoms with Crippen molar-refractivity contribution in [2.45, 2.75) is 46.2 Å². The number of piperidine rings is 1. The minimum absolute atomic E-state index is 0.0141. The standard InChI is InChI=1S/C24H30N4O/c1-17(2)28-22-13-7-6-12-21(22)25-23(28)16-27-14-8-10-19(15-27)24(29)26-20-11-5-4-9-18(20)3/h4-7,9,11-13,17,19H,8,10,14-16H2,1-3H3,(H,26,29)/t19-/m1/s1. The van der Waals surface area contributed by atoms with Crippen LogP contribution >= 0.6 is 0 Å². The van der Waals surface area contributed by atoms with Gasteiger partial charge in [0.1, 0.15) is 5.82 Å². The number of fused-ring (bicyclic) bond motifs is 1. The molecule has 152 valence electrons. The molecule has 5 nitrogen and oxygen atoms in total. The Morgan fingerprint density at radius 2 is 1.93 bits per heavy atom. The predicted octanol–water partition coefficient (Wildman–Crippen LogP) is 4.78. The molecule has 1 N–H and O–H groups in total. The molecule has 0 spiro atoms. The van der Waals surface area contributed by atoms with Gasteiger partial charge in [-0.1, -0.05) is 30.3 Å². The molecule has 1 saturated heterocycles. The summed E-state index contributed by atoms with van der Waals surface area (Å²) in [5, 5.41) is 3.13. The largest absolute Gasteiger partial charge is 0.326 e. The smallest absolute Gasteiger partial charge is 0.228 e. The van der Waals surface area contributed by atoms with Crippen molar-refractivity contribution in [2.75, 3.05) is 18.4 Å². The van der Waals surface area contributed by atoms with Gasteiger partial charge in [0.25, 0.3) is 0 Å². The molecule has 0 saturated carbocycles. The van der Waals surface area contributed by atoms with Crippen molar-refractivity contribution in [3.05, 3.63) is 59.9 Å². The highest BCUT2D eigenvalue weighted by Gasteiger charge is 2.27. The maximum atomic E-state index is 12.9. The number of nitrogens with zero attached hydrogens (tertiary/aromatic N) is 3. The number of amides is 1. The van der Waals surface area contributed by atoms with Crippen molar-refractivity contribution in [3.63, 3.8) is 0 Å². The quantitative estimate of drug-likeness (QED) is 0.682. The number of hydrogen-bond acceptors (Lipinski definition) is 3. The summed E-state index contributed by atoms with van der Waals surface area (Å²) < 4.78 is 2.33. The molecule has 1 atom stereocenters. The molecule has 5 heteroatoms.